The first-order chi connectivity index (χ1) is 18.4. The Kier molecular flexibility index (Phi) is 6.14. The molecule has 1 N–H and O–H groups in total. The van der Waals surface area contributed by atoms with Gasteiger partial charge in [0.25, 0.3) is 0 Å². The van der Waals surface area contributed by atoms with E-state index in [-0.39, 0.29) is 11.9 Å². The quantitative estimate of drug-likeness (QED) is 0.350. The average molecular weight is 531 g/mol. The van der Waals surface area contributed by atoms with Crippen LogP contribution in [0.15, 0.2) is 43.1 Å². The predicted molar refractivity (Wildman–Crippen MR) is 151 cm³/mol. The van der Waals surface area contributed by atoms with Crippen molar-refractivity contribution in [2.75, 3.05) is 38.2 Å². The Hall–Kier alpha value is -3.78. The molecular weight excluding hydrogens is 500 g/mol. The first kappa shape index (κ1) is 24.6. The highest BCUT2D eigenvalue weighted by Gasteiger charge is 2.30. The standard InChI is InChI=1S/C29H31ClN6O2/c1-5-25(37)35-10-8-20(9-11-35)36-18(3)26(27-21-16-31-32-22(21)14-17(2)28(27)30)29(33-36)19-6-7-24-23(15-19)34(4)12-13-38-24/h5-7,14-16,20H,1,8-13H2,2-4H3,(H,31,32). The molecule has 0 aliphatic carbocycles. The number of aromatic nitrogens is 4. The van der Waals surface area contributed by atoms with Crippen LogP contribution in [0, 0.1) is 13.8 Å². The van der Waals surface area contributed by atoms with Crippen LogP contribution in [-0.4, -0.2) is 64.1 Å². The third kappa shape index (κ3) is 3.95. The molecule has 2 aromatic heterocycles. The monoisotopic (exact) mass is 530 g/mol. The van der Waals surface area contributed by atoms with Gasteiger partial charge in [0.2, 0.25) is 5.91 Å². The minimum absolute atomic E-state index is 0.0173. The number of nitrogens with one attached hydrogen (secondary N) is 1. The second kappa shape index (κ2) is 9.51. The Morgan fingerprint density at radius 2 is 1.97 bits per heavy atom. The molecule has 4 heterocycles. The lowest BCUT2D eigenvalue weighted by atomic mass is 9.94. The summed E-state index contributed by atoms with van der Waals surface area (Å²) in [5, 5.41) is 14.3. The number of nitrogens with zero attached hydrogens (tertiary/aromatic N) is 5. The van der Waals surface area contributed by atoms with Crippen molar-refractivity contribution in [3.63, 3.8) is 0 Å². The van der Waals surface area contributed by atoms with Gasteiger partial charge in [0, 0.05) is 47.9 Å². The molecule has 196 valence electrons. The van der Waals surface area contributed by atoms with E-state index in [0.29, 0.717) is 24.7 Å². The van der Waals surface area contributed by atoms with Crippen molar-refractivity contribution in [3.05, 3.63) is 59.4 Å². The van der Waals surface area contributed by atoms with Gasteiger partial charge in [-0.2, -0.15) is 10.2 Å². The molecule has 1 saturated heterocycles. The van der Waals surface area contributed by atoms with Crippen LogP contribution in [0.4, 0.5) is 5.69 Å². The van der Waals surface area contributed by atoms with Gasteiger partial charge in [-0.1, -0.05) is 18.2 Å². The number of hydrogen-bond donors (Lipinski definition) is 1. The summed E-state index contributed by atoms with van der Waals surface area (Å²) in [4.78, 5) is 16.2. The highest BCUT2D eigenvalue weighted by atomic mass is 35.5. The second-order valence-corrected chi connectivity index (χ2v) is 10.6. The third-order valence-corrected chi connectivity index (χ3v) is 8.38. The summed E-state index contributed by atoms with van der Waals surface area (Å²) < 4.78 is 8.05. The van der Waals surface area contributed by atoms with Crippen LogP contribution in [-0.2, 0) is 4.79 Å². The molecule has 1 fully saturated rings. The molecule has 0 radical (unpaired) electrons. The van der Waals surface area contributed by atoms with E-state index in [4.69, 9.17) is 21.4 Å². The van der Waals surface area contributed by atoms with Crippen molar-refractivity contribution in [1.82, 2.24) is 24.9 Å². The van der Waals surface area contributed by atoms with Gasteiger partial charge in [0.05, 0.1) is 35.0 Å². The molecule has 0 bridgehead atoms. The van der Waals surface area contributed by atoms with Gasteiger partial charge in [0.15, 0.2) is 0 Å². The van der Waals surface area contributed by atoms with E-state index in [0.717, 1.165) is 75.4 Å². The highest BCUT2D eigenvalue weighted by molar-refractivity contribution is 6.36. The van der Waals surface area contributed by atoms with E-state index >= 15 is 0 Å². The minimum Gasteiger partial charge on any atom is -0.490 e. The van der Waals surface area contributed by atoms with Gasteiger partial charge in [-0.05, 0) is 62.6 Å². The van der Waals surface area contributed by atoms with Gasteiger partial charge in [-0.15, -0.1) is 0 Å². The van der Waals surface area contributed by atoms with Crippen LogP contribution in [0.3, 0.4) is 0 Å². The van der Waals surface area contributed by atoms with Crippen molar-refractivity contribution >= 4 is 34.1 Å². The van der Waals surface area contributed by atoms with Gasteiger partial charge in [-0.25, -0.2) is 0 Å². The molecule has 2 aliphatic rings. The van der Waals surface area contributed by atoms with Crippen LogP contribution in [0.2, 0.25) is 5.02 Å². The second-order valence-electron chi connectivity index (χ2n) is 10.2. The van der Waals surface area contributed by atoms with E-state index in [1.165, 1.54) is 6.08 Å². The lowest BCUT2D eigenvalue weighted by Gasteiger charge is -2.32. The minimum atomic E-state index is -0.0173. The first-order valence-electron chi connectivity index (χ1n) is 13.0. The maximum atomic E-state index is 12.2. The van der Waals surface area contributed by atoms with Crippen LogP contribution in [0.5, 0.6) is 5.75 Å². The van der Waals surface area contributed by atoms with Crippen molar-refractivity contribution in [2.45, 2.75) is 32.7 Å². The van der Waals surface area contributed by atoms with E-state index in [9.17, 15) is 4.79 Å². The number of halogens is 1. The SMILES string of the molecule is C=CC(=O)N1CCC(n2nc(-c3ccc4c(c3)N(C)CCO4)c(-c3c(Cl)c(C)cc4[nH]ncc34)c2C)CC1. The van der Waals surface area contributed by atoms with Crippen molar-refractivity contribution in [3.8, 4) is 28.1 Å². The fourth-order valence-electron chi connectivity index (χ4n) is 5.78. The van der Waals surface area contributed by atoms with Gasteiger partial charge < -0.3 is 14.5 Å². The Labute approximate surface area is 226 Å². The number of rotatable bonds is 4. The van der Waals surface area contributed by atoms with E-state index in [1.54, 1.807) is 0 Å². The largest absolute Gasteiger partial charge is 0.490 e. The normalized spacial score (nSPS) is 16.0. The van der Waals surface area contributed by atoms with Gasteiger partial charge in [0.1, 0.15) is 18.1 Å². The molecule has 0 unspecified atom stereocenters. The number of anilines is 1. The summed E-state index contributed by atoms with van der Waals surface area (Å²) >= 11 is 7.04. The molecule has 1 amide bonds. The predicted octanol–water partition coefficient (Wildman–Crippen LogP) is 5.54. The number of carbonyl (C=O) groups is 1. The molecule has 9 heteroatoms. The fourth-order valence-corrected chi connectivity index (χ4v) is 6.03. The van der Waals surface area contributed by atoms with E-state index in [2.05, 4.69) is 52.5 Å². The van der Waals surface area contributed by atoms with Crippen molar-refractivity contribution in [1.29, 1.82) is 0 Å². The Balaban J connectivity index is 1.53. The number of carbonyl (C=O) groups excluding carboxylic acids is 1. The molecule has 8 nitrogen and oxygen atoms in total. The zero-order valence-electron chi connectivity index (χ0n) is 21.9. The van der Waals surface area contributed by atoms with Crippen LogP contribution in [0.25, 0.3) is 33.3 Å². The van der Waals surface area contributed by atoms with Gasteiger partial charge in [-0.3, -0.25) is 14.6 Å². The van der Waals surface area contributed by atoms with E-state index in [1.807, 2.05) is 30.2 Å². The number of piperidine rings is 1. The lowest BCUT2D eigenvalue weighted by molar-refractivity contribution is -0.127. The topological polar surface area (TPSA) is 79.3 Å². The Morgan fingerprint density at radius 1 is 1.18 bits per heavy atom. The molecule has 2 aromatic carbocycles. The van der Waals surface area contributed by atoms with Gasteiger partial charge >= 0.3 is 0 Å². The number of amides is 1. The van der Waals surface area contributed by atoms with E-state index < -0.39 is 0 Å². The lowest BCUT2D eigenvalue weighted by Crippen LogP contribution is -2.38. The maximum Gasteiger partial charge on any atom is 0.245 e. The molecule has 6 rings (SSSR count). The number of ether oxygens (including phenoxy) is 1. The molecule has 4 aromatic rings. The van der Waals surface area contributed by atoms with Crippen LogP contribution in [0.1, 0.15) is 30.1 Å². The number of aryl methyl sites for hydroxylation is 1. The van der Waals surface area contributed by atoms with Crippen LogP contribution >= 0.6 is 11.6 Å². The Bertz CT molecular complexity index is 1560. The number of likely N-dealkylation sites (tertiary alicyclic amines) is 1. The molecule has 0 saturated carbocycles. The molecule has 2 aliphatic heterocycles. The summed E-state index contributed by atoms with van der Waals surface area (Å²) in [5.74, 6) is 0.863. The number of likely N-dealkylation sites (N-methyl/N-ethyl adjacent to an activating group) is 1. The maximum absolute atomic E-state index is 12.2. The number of H-pyrrole nitrogens is 1. The number of hydrogen-bond acceptors (Lipinski definition) is 5. The summed E-state index contributed by atoms with van der Waals surface area (Å²) in [5.41, 5.74) is 7.85. The third-order valence-electron chi connectivity index (χ3n) is 7.89. The zero-order valence-corrected chi connectivity index (χ0v) is 22.7. The molecular formula is C29H31ClN6O2. The molecule has 0 atom stereocenters. The van der Waals surface area contributed by atoms with Crippen molar-refractivity contribution < 1.29 is 9.53 Å². The fraction of sp³-hybridized carbons (Fsp3) is 0.345. The number of fused-ring (bicyclic) bond motifs is 2. The summed E-state index contributed by atoms with van der Waals surface area (Å²) in [6.45, 7) is 10.6. The average Bonchev–Trinajstić information content (AvgIpc) is 3.53. The first-order valence-corrected chi connectivity index (χ1v) is 13.4. The summed E-state index contributed by atoms with van der Waals surface area (Å²) in [7, 11) is 2.08. The number of benzene rings is 2. The number of aromatic amines is 1. The van der Waals surface area contributed by atoms with Crippen molar-refractivity contribution in [2.24, 2.45) is 0 Å². The summed E-state index contributed by atoms with van der Waals surface area (Å²) in [6.07, 6.45) is 4.88. The Morgan fingerprint density at radius 3 is 2.74 bits per heavy atom. The molecule has 0 spiro atoms. The summed E-state index contributed by atoms with van der Waals surface area (Å²) in [6, 6.07) is 8.47. The van der Waals surface area contributed by atoms with Crippen LogP contribution < -0.4 is 9.64 Å². The zero-order chi connectivity index (χ0) is 26.6. The molecule has 38 heavy (non-hydrogen) atoms. The highest BCUT2D eigenvalue weighted by Crippen LogP contribution is 2.45. The smallest absolute Gasteiger partial charge is 0.245 e.